The maximum absolute atomic E-state index is 12.6. The minimum Gasteiger partial charge on any atom is -0.349 e. The molecule has 0 spiro atoms. The molecule has 0 aliphatic heterocycles. The van der Waals surface area contributed by atoms with Gasteiger partial charge in [0.1, 0.15) is 0 Å². The zero-order valence-electron chi connectivity index (χ0n) is 12.7. The highest BCUT2D eigenvalue weighted by Crippen LogP contribution is 2.65. The Bertz CT molecular complexity index is 578. The van der Waals surface area contributed by atoms with Gasteiger partial charge >= 0.3 is 0 Å². The zero-order valence-corrected chi connectivity index (χ0v) is 14.2. The topological polar surface area (TPSA) is 29.1 Å². The number of amides is 1. The van der Waals surface area contributed by atoms with Gasteiger partial charge in [-0.15, -0.1) is 0 Å². The molecule has 2 saturated carbocycles. The SMILES string of the molecule is CC1(C)[C@@H]2CC[C@@]1(C)[C@H](NC(=O)c1c(Cl)cccc1Cl)C2. The van der Waals surface area contributed by atoms with Gasteiger partial charge in [0.25, 0.3) is 5.91 Å². The van der Waals surface area contributed by atoms with Crippen LogP contribution in [0.25, 0.3) is 0 Å². The number of hydrogen-bond donors (Lipinski definition) is 1. The van der Waals surface area contributed by atoms with Crippen LogP contribution in [0.4, 0.5) is 0 Å². The number of fused-ring (bicyclic) bond motifs is 2. The van der Waals surface area contributed by atoms with E-state index in [4.69, 9.17) is 23.2 Å². The summed E-state index contributed by atoms with van der Waals surface area (Å²) in [4.78, 5) is 12.6. The molecule has 0 saturated heterocycles. The normalized spacial score (nSPS) is 33.2. The molecule has 2 aliphatic rings. The number of carbonyl (C=O) groups is 1. The fraction of sp³-hybridized carbons (Fsp3) is 0.588. The van der Waals surface area contributed by atoms with Crippen LogP contribution in [0.3, 0.4) is 0 Å². The molecule has 2 fully saturated rings. The summed E-state index contributed by atoms with van der Waals surface area (Å²) in [6.07, 6.45) is 3.49. The molecule has 0 radical (unpaired) electrons. The summed E-state index contributed by atoms with van der Waals surface area (Å²) in [5.74, 6) is 0.537. The Hall–Kier alpha value is -0.730. The van der Waals surface area contributed by atoms with Crippen molar-refractivity contribution >= 4 is 29.1 Å². The predicted octanol–water partition coefficient (Wildman–Crippen LogP) is 4.94. The van der Waals surface area contributed by atoms with Crippen LogP contribution in [-0.2, 0) is 0 Å². The monoisotopic (exact) mass is 325 g/mol. The third-order valence-electron chi connectivity index (χ3n) is 6.29. The molecular weight excluding hydrogens is 305 g/mol. The maximum atomic E-state index is 12.6. The third-order valence-corrected chi connectivity index (χ3v) is 6.92. The van der Waals surface area contributed by atoms with E-state index in [-0.39, 0.29) is 22.8 Å². The van der Waals surface area contributed by atoms with E-state index in [1.165, 1.54) is 12.8 Å². The van der Waals surface area contributed by atoms with E-state index in [9.17, 15) is 4.79 Å². The Labute approximate surface area is 136 Å². The van der Waals surface area contributed by atoms with Crippen LogP contribution in [0.2, 0.25) is 10.0 Å². The van der Waals surface area contributed by atoms with Crippen molar-refractivity contribution in [1.82, 2.24) is 5.32 Å². The fourth-order valence-corrected chi connectivity index (χ4v) is 4.94. The number of halogens is 2. The van der Waals surface area contributed by atoms with Crippen molar-refractivity contribution in [3.05, 3.63) is 33.8 Å². The largest absolute Gasteiger partial charge is 0.349 e. The van der Waals surface area contributed by atoms with Crippen LogP contribution in [-0.4, -0.2) is 11.9 Å². The smallest absolute Gasteiger partial charge is 0.254 e. The number of benzene rings is 1. The summed E-state index contributed by atoms with van der Waals surface area (Å²) in [5.41, 5.74) is 0.820. The standard InChI is InChI=1S/C17H21Cl2NO/c1-16(2)10-7-8-17(16,3)13(9-10)20-15(21)14-11(18)5-4-6-12(14)19/h4-6,10,13H,7-9H2,1-3H3,(H,20,21)/t10-,13-,17+/m1/s1. The van der Waals surface area contributed by atoms with E-state index in [1.54, 1.807) is 18.2 Å². The van der Waals surface area contributed by atoms with Gasteiger partial charge < -0.3 is 5.32 Å². The predicted molar refractivity (Wildman–Crippen MR) is 86.9 cm³/mol. The van der Waals surface area contributed by atoms with Gasteiger partial charge in [-0.1, -0.05) is 50.0 Å². The van der Waals surface area contributed by atoms with Gasteiger partial charge in [-0.2, -0.15) is 0 Å². The first-order valence-corrected chi connectivity index (χ1v) is 8.28. The second-order valence-electron chi connectivity index (χ2n) is 7.23. The second-order valence-corrected chi connectivity index (χ2v) is 8.05. The number of rotatable bonds is 2. The molecule has 21 heavy (non-hydrogen) atoms. The van der Waals surface area contributed by atoms with Crippen LogP contribution in [0.5, 0.6) is 0 Å². The molecule has 114 valence electrons. The average Bonchev–Trinajstić information content (AvgIpc) is 2.71. The maximum Gasteiger partial charge on any atom is 0.254 e. The van der Waals surface area contributed by atoms with Gasteiger partial charge in [0, 0.05) is 6.04 Å². The molecular formula is C17H21Cl2NO. The molecule has 1 amide bonds. The summed E-state index contributed by atoms with van der Waals surface area (Å²) in [6.45, 7) is 6.97. The summed E-state index contributed by atoms with van der Waals surface area (Å²) in [6, 6.07) is 5.36. The first-order chi connectivity index (χ1) is 9.77. The molecule has 0 unspecified atom stereocenters. The van der Waals surface area contributed by atoms with E-state index in [1.807, 2.05) is 0 Å². The lowest BCUT2D eigenvalue weighted by Crippen LogP contribution is -2.47. The summed E-state index contributed by atoms with van der Waals surface area (Å²) >= 11 is 12.3. The second kappa shape index (κ2) is 4.89. The van der Waals surface area contributed by atoms with E-state index in [0.717, 1.165) is 6.42 Å². The van der Waals surface area contributed by atoms with E-state index in [0.29, 0.717) is 21.5 Å². The molecule has 2 nitrogen and oxygen atoms in total. The molecule has 0 aromatic heterocycles. The minimum atomic E-state index is -0.153. The van der Waals surface area contributed by atoms with Gasteiger partial charge in [0.2, 0.25) is 0 Å². The van der Waals surface area contributed by atoms with Gasteiger partial charge in [0.15, 0.2) is 0 Å². The zero-order chi connectivity index (χ0) is 15.4. The number of carbonyl (C=O) groups excluding carboxylic acids is 1. The summed E-state index contributed by atoms with van der Waals surface area (Å²) in [5, 5.41) is 4.02. The van der Waals surface area contributed by atoms with Crippen LogP contribution in [0.15, 0.2) is 18.2 Å². The Balaban J connectivity index is 1.84. The van der Waals surface area contributed by atoms with E-state index < -0.39 is 0 Å². The van der Waals surface area contributed by atoms with Crippen molar-refractivity contribution in [2.24, 2.45) is 16.7 Å². The molecule has 3 rings (SSSR count). The van der Waals surface area contributed by atoms with Crippen LogP contribution in [0, 0.1) is 16.7 Å². The summed E-state index contributed by atoms with van der Waals surface area (Å²) < 4.78 is 0. The first kappa shape index (κ1) is 15.2. The molecule has 1 aromatic carbocycles. The number of hydrogen-bond acceptors (Lipinski definition) is 1. The van der Waals surface area contributed by atoms with Crippen molar-refractivity contribution in [1.29, 1.82) is 0 Å². The Morgan fingerprint density at radius 2 is 1.86 bits per heavy atom. The van der Waals surface area contributed by atoms with E-state index in [2.05, 4.69) is 26.1 Å². The van der Waals surface area contributed by atoms with Gasteiger partial charge in [-0.25, -0.2) is 0 Å². The Morgan fingerprint density at radius 3 is 2.33 bits per heavy atom. The van der Waals surface area contributed by atoms with Crippen LogP contribution >= 0.6 is 23.2 Å². The van der Waals surface area contributed by atoms with Gasteiger partial charge in [-0.3, -0.25) is 4.79 Å². The van der Waals surface area contributed by atoms with Crippen LogP contribution in [0.1, 0.15) is 50.4 Å². The summed E-state index contributed by atoms with van der Waals surface area (Å²) in [7, 11) is 0. The highest BCUT2D eigenvalue weighted by atomic mass is 35.5. The molecule has 4 heteroatoms. The quantitative estimate of drug-likeness (QED) is 0.819. The Kier molecular flexibility index (Phi) is 3.53. The van der Waals surface area contributed by atoms with E-state index >= 15 is 0 Å². The molecule has 1 N–H and O–H groups in total. The molecule has 3 atom stereocenters. The van der Waals surface area contributed by atoms with Crippen LogP contribution < -0.4 is 5.32 Å². The van der Waals surface area contributed by atoms with Crippen molar-refractivity contribution in [2.75, 3.05) is 0 Å². The molecule has 1 aromatic rings. The first-order valence-electron chi connectivity index (χ1n) is 7.52. The Morgan fingerprint density at radius 1 is 1.24 bits per heavy atom. The van der Waals surface area contributed by atoms with Crippen molar-refractivity contribution in [3.63, 3.8) is 0 Å². The van der Waals surface area contributed by atoms with Crippen molar-refractivity contribution in [3.8, 4) is 0 Å². The molecule has 0 heterocycles. The lowest BCUT2D eigenvalue weighted by Gasteiger charge is -2.39. The average molecular weight is 326 g/mol. The highest BCUT2D eigenvalue weighted by Gasteiger charge is 2.61. The van der Waals surface area contributed by atoms with Gasteiger partial charge in [0.05, 0.1) is 15.6 Å². The van der Waals surface area contributed by atoms with Crippen molar-refractivity contribution in [2.45, 2.75) is 46.1 Å². The molecule has 2 aliphatic carbocycles. The lowest BCUT2D eigenvalue weighted by atomic mass is 9.69. The fourth-order valence-electron chi connectivity index (χ4n) is 4.37. The number of nitrogens with one attached hydrogen (secondary N) is 1. The molecule has 2 bridgehead atoms. The lowest BCUT2D eigenvalue weighted by molar-refractivity contribution is 0.0826. The third kappa shape index (κ3) is 2.10. The minimum absolute atomic E-state index is 0.153. The highest BCUT2D eigenvalue weighted by molar-refractivity contribution is 6.39. The van der Waals surface area contributed by atoms with Crippen molar-refractivity contribution < 1.29 is 4.79 Å². The van der Waals surface area contributed by atoms with Gasteiger partial charge in [-0.05, 0) is 48.1 Å².